The Labute approximate surface area is 161 Å². The van der Waals surface area contributed by atoms with Crippen LogP contribution < -0.4 is 10.2 Å². The van der Waals surface area contributed by atoms with E-state index in [2.05, 4.69) is 15.1 Å². The van der Waals surface area contributed by atoms with E-state index < -0.39 is 16.1 Å². The molecule has 0 aliphatic carbocycles. The van der Waals surface area contributed by atoms with Gasteiger partial charge in [-0.25, -0.2) is 0 Å². The summed E-state index contributed by atoms with van der Waals surface area (Å²) in [5, 5.41) is 12.9. The lowest BCUT2D eigenvalue weighted by atomic mass is 10.1. The monoisotopic (exact) mass is 398 g/mol. The highest BCUT2D eigenvalue weighted by Crippen LogP contribution is 2.33. The number of nitrogens with zero attached hydrogens (tertiary/aromatic N) is 3. The van der Waals surface area contributed by atoms with Gasteiger partial charge in [0, 0.05) is 42.5 Å². The smallest absolute Gasteiger partial charge is 0.290 e. The average Bonchev–Trinajstić information content (AvgIpc) is 3.14. The number of amides is 2. The molecule has 2 saturated heterocycles. The van der Waals surface area contributed by atoms with Crippen LogP contribution in [0.1, 0.15) is 12.0 Å². The van der Waals surface area contributed by atoms with E-state index >= 15 is 0 Å². The summed E-state index contributed by atoms with van der Waals surface area (Å²) in [6.45, 7) is 1.63. The Hall–Kier alpha value is -2.10. The number of non-ortho nitro benzene ring substituents is 1. The minimum Gasteiger partial charge on any atom is -0.369 e. The fraction of sp³-hybridized carbons (Fsp3) is 0.375. The van der Waals surface area contributed by atoms with Crippen LogP contribution in [0.25, 0.3) is 6.08 Å². The summed E-state index contributed by atoms with van der Waals surface area (Å²) in [5.74, 6) is -0.472. The lowest BCUT2D eigenvalue weighted by molar-refractivity contribution is -0.384. The normalized spacial score (nSPS) is 21.3. The molecule has 1 aromatic rings. The number of rotatable bonds is 4. The van der Waals surface area contributed by atoms with Crippen LogP contribution in [0.4, 0.5) is 16.2 Å². The standard InChI is InChI=1S/C16H18N4O4S.ClH/c1-18(2)12-5-6-19(9-12)13-4-3-11(20(23)24)7-10(13)8-14-15(21)17-16(22)25-14;/h3-4,7-8,12H,5-6,9H2,1-2H3,(H,17,21,22);1H. The van der Waals surface area contributed by atoms with Crippen molar-refractivity contribution in [3.8, 4) is 0 Å². The number of anilines is 1. The number of hydrogen-bond donors (Lipinski definition) is 1. The maximum Gasteiger partial charge on any atom is 0.290 e. The van der Waals surface area contributed by atoms with Crippen LogP contribution in [0.5, 0.6) is 0 Å². The van der Waals surface area contributed by atoms with Crippen LogP contribution in [-0.2, 0) is 4.79 Å². The van der Waals surface area contributed by atoms with Gasteiger partial charge in [-0.15, -0.1) is 12.4 Å². The van der Waals surface area contributed by atoms with Gasteiger partial charge in [-0.2, -0.15) is 0 Å². The molecule has 0 radical (unpaired) electrons. The van der Waals surface area contributed by atoms with Gasteiger partial charge < -0.3 is 9.80 Å². The third-order valence-corrected chi connectivity index (χ3v) is 5.20. The number of carbonyl (C=O) groups excluding carboxylic acids is 2. The number of imide groups is 1. The van der Waals surface area contributed by atoms with Gasteiger partial charge in [0.25, 0.3) is 16.8 Å². The third kappa shape index (κ3) is 4.17. The van der Waals surface area contributed by atoms with Crippen molar-refractivity contribution in [3.63, 3.8) is 0 Å². The Morgan fingerprint density at radius 2 is 2.12 bits per heavy atom. The molecule has 2 aliphatic rings. The van der Waals surface area contributed by atoms with E-state index in [4.69, 9.17) is 0 Å². The fourth-order valence-corrected chi connectivity index (χ4v) is 3.68. The molecule has 2 heterocycles. The molecule has 2 aliphatic heterocycles. The van der Waals surface area contributed by atoms with Crippen LogP contribution in [-0.4, -0.2) is 54.2 Å². The molecule has 140 valence electrons. The van der Waals surface area contributed by atoms with Crippen LogP contribution in [0.3, 0.4) is 0 Å². The third-order valence-electron chi connectivity index (χ3n) is 4.38. The van der Waals surface area contributed by atoms with E-state index in [0.717, 1.165) is 37.0 Å². The Morgan fingerprint density at radius 1 is 1.38 bits per heavy atom. The van der Waals surface area contributed by atoms with Crippen molar-refractivity contribution in [2.75, 3.05) is 32.1 Å². The summed E-state index contributed by atoms with van der Waals surface area (Å²) in [6, 6.07) is 5.03. The first-order valence-corrected chi connectivity index (χ1v) is 8.61. The molecule has 2 amide bonds. The van der Waals surface area contributed by atoms with Gasteiger partial charge in [0.05, 0.1) is 9.83 Å². The molecule has 1 aromatic carbocycles. The van der Waals surface area contributed by atoms with Crippen molar-refractivity contribution in [2.45, 2.75) is 12.5 Å². The first-order valence-electron chi connectivity index (χ1n) is 7.80. The lowest BCUT2D eigenvalue weighted by Gasteiger charge is -2.23. The van der Waals surface area contributed by atoms with Crippen molar-refractivity contribution in [3.05, 3.63) is 38.8 Å². The molecule has 0 saturated carbocycles. The van der Waals surface area contributed by atoms with Gasteiger partial charge in [-0.05, 0) is 44.4 Å². The number of carbonyl (C=O) groups is 2. The van der Waals surface area contributed by atoms with Gasteiger partial charge in [-0.3, -0.25) is 25.0 Å². The van der Waals surface area contributed by atoms with Gasteiger partial charge in [-0.1, -0.05) is 0 Å². The molecule has 1 N–H and O–H groups in total. The molecule has 0 bridgehead atoms. The number of halogens is 1. The number of nitrogens with one attached hydrogen (secondary N) is 1. The van der Waals surface area contributed by atoms with Crippen LogP contribution in [0.2, 0.25) is 0 Å². The minimum atomic E-state index is -0.472. The van der Waals surface area contributed by atoms with Gasteiger partial charge in [0.1, 0.15) is 0 Å². The largest absolute Gasteiger partial charge is 0.369 e. The van der Waals surface area contributed by atoms with Crippen molar-refractivity contribution in [2.24, 2.45) is 0 Å². The van der Waals surface area contributed by atoms with Crippen molar-refractivity contribution in [1.29, 1.82) is 0 Å². The number of hydrogen-bond acceptors (Lipinski definition) is 7. The summed E-state index contributed by atoms with van der Waals surface area (Å²) in [7, 11) is 4.05. The Balaban J connectivity index is 0.00000243. The molecular weight excluding hydrogens is 380 g/mol. The van der Waals surface area contributed by atoms with E-state index in [9.17, 15) is 19.7 Å². The zero-order valence-electron chi connectivity index (χ0n) is 14.3. The number of benzene rings is 1. The predicted molar refractivity (Wildman–Crippen MR) is 104 cm³/mol. The van der Waals surface area contributed by atoms with Crippen LogP contribution in [0.15, 0.2) is 23.1 Å². The molecule has 1 unspecified atom stereocenters. The first-order chi connectivity index (χ1) is 11.8. The number of nitro benzene ring substituents is 1. The molecule has 26 heavy (non-hydrogen) atoms. The molecule has 2 fully saturated rings. The maximum atomic E-state index is 11.8. The molecule has 8 nitrogen and oxygen atoms in total. The summed E-state index contributed by atoms with van der Waals surface area (Å²) in [6.07, 6.45) is 2.55. The second kappa shape index (κ2) is 8.07. The number of likely N-dealkylation sites (N-methyl/N-ethyl adjacent to an activating group) is 1. The Bertz CT molecular complexity index is 784. The van der Waals surface area contributed by atoms with Crippen molar-refractivity contribution in [1.82, 2.24) is 10.2 Å². The Kier molecular flexibility index (Phi) is 6.27. The molecular formula is C16H19ClN4O4S. The number of nitro groups is 1. The van der Waals surface area contributed by atoms with E-state index in [1.807, 2.05) is 14.1 Å². The maximum absolute atomic E-state index is 11.8. The second-order valence-electron chi connectivity index (χ2n) is 6.20. The molecule has 1 atom stereocenters. The summed E-state index contributed by atoms with van der Waals surface area (Å²) in [5.41, 5.74) is 1.35. The van der Waals surface area contributed by atoms with Crippen molar-refractivity contribution < 1.29 is 14.5 Å². The molecule has 10 heteroatoms. The summed E-state index contributed by atoms with van der Waals surface area (Å²) < 4.78 is 0. The molecule has 0 spiro atoms. The van der Waals surface area contributed by atoms with Gasteiger partial charge in [0.15, 0.2) is 0 Å². The summed E-state index contributed by atoms with van der Waals surface area (Å²) >= 11 is 0.804. The highest BCUT2D eigenvalue weighted by atomic mass is 35.5. The van der Waals surface area contributed by atoms with Crippen LogP contribution in [0, 0.1) is 10.1 Å². The number of thioether (sulfide) groups is 1. The lowest BCUT2D eigenvalue weighted by Crippen LogP contribution is -2.31. The second-order valence-corrected chi connectivity index (χ2v) is 7.22. The Morgan fingerprint density at radius 3 is 2.65 bits per heavy atom. The van der Waals surface area contributed by atoms with Gasteiger partial charge >= 0.3 is 0 Å². The zero-order chi connectivity index (χ0) is 18.1. The quantitative estimate of drug-likeness (QED) is 0.472. The van der Waals surface area contributed by atoms with E-state index in [-0.39, 0.29) is 23.0 Å². The van der Waals surface area contributed by atoms with Gasteiger partial charge in [0.2, 0.25) is 0 Å². The fourth-order valence-electron chi connectivity index (χ4n) is 3.00. The van der Waals surface area contributed by atoms with Crippen LogP contribution >= 0.6 is 24.2 Å². The highest BCUT2D eigenvalue weighted by molar-refractivity contribution is 8.18. The van der Waals surface area contributed by atoms with E-state index in [1.54, 1.807) is 12.1 Å². The first kappa shape index (κ1) is 20.2. The predicted octanol–water partition coefficient (Wildman–Crippen LogP) is 2.48. The van der Waals surface area contributed by atoms with Crippen molar-refractivity contribution >= 4 is 52.8 Å². The van der Waals surface area contributed by atoms with E-state index in [1.165, 1.54) is 12.1 Å². The average molecular weight is 399 g/mol. The topological polar surface area (TPSA) is 95.8 Å². The minimum absolute atomic E-state index is 0. The van der Waals surface area contributed by atoms with E-state index in [0.29, 0.717) is 11.6 Å². The molecule has 3 rings (SSSR count). The highest BCUT2D eigenvalue weighted by Gasteiger charge is 2.28. The SMILES string of the molecule is CN(C)C1CCN(c2ccc([N+](=O)[O-])cc2C=C2SC(=O)NC2=O)C1.Cl. The summed E-state index contributed by atoms with van der Waals surface area (Å²) in [4.78, 5) is 38.4. The zero-order valence-corrected chi connectivity index (χ0v) is 15.9. The molecule has 0 aromatic heterocycles.